The average Bonchev–Trinajstić information content (AvgIpc) is 2.43. The normalized spacial score (nSPS) is 24.7. The fourth-order valence-electron chi connectivity index (χ4n) is 3.33. The molecule has 1 saturated carbocycles. The summed E-state index contributed by atoms with van der Waals surface area (Å²) in [5.41, 5.74) is 0.739. The van der Waals surface area contributed by atoms with E-state index < -0.39 is 0 Å². The quantitative estimate of drug-likeness (QED) is 0.631. The number of rotatable bonds is 4. The highest BCUT2D eigenvalue weighted by Crippen LogP contribution is 2.45. The Morgan fingerprint density at radius 1 is 1.38 bits per heavy atom. The first-order valence-corrected chi connectivity index (χ1v) is 7.77. The number of hydrogen-bond acceptors (Lipinski definition) is 4. The van der Waals surface area contributed by atoms with Crippen LogP contribution in [0.25, 0.3) is 0 Å². The second-order valence-electron chi connectivity index (χ2n) is 6.26. The zero-order chi connectivity index (χ0) is 14.7. The fourth-order valence-corrected chi connectivity index (χ4v) is 3.33. The van der Waals surface area contributed by atoms with Gasteiger partial charge in [0.15, 0.2) is 0 Å². The Kier molecular flexibility index (Phi) is 4.09. The summed E-state index contributed by atoms with van der Waals surface area (Å²) in [6, 6.07) is 8.08. The number of benzene rings is 1. The molecule has 0 amide bonds. The van der Waals surface area contributed by atoms with E-state index in [1.165, 1.54) is 6.42 Å². The van der Waals surface area contributed by atoms with Gasteiger partial charge < -0.3 is 9.64 Å². The van der Waals surface area contributed by atoms with Crippen LogP contribution in [0.3, 0.4) is 0 Å². The highest BCUT2D eigenvalue weighted by atomic mass is 16.5. The Morgan fingerprint density at radius 3 is 2.90 bits per heavy atom. The van der Waals surface area contributed by atoms with Gasteiger partial charge in [-0.05, 0) is 63.4 Å². The van der Waals surface area contributed by atoms with Crippen molar-refractivity contribution in [3.63, 3.8) is 0 Å². The van der Waals surface area contributed by atoms with Gasteiger partial charge in [-0.3, -0.25) is 0 Å². The summed E-state index contributed by atoms with van der Waals surface area (Å²) < 4.78 is 6.13. The summed E-state index contributed by atoms with van der Waals surface area (Å²) >= 11 is 0. The van der Waals surface area contributed by atoms with Gasteiger partial charge in [-0.25, -0.2) is 4.79 Å². The molecule has 1 aliphatic heterocycles. The monoisotopic (exact) mass is 286 g/mol. The van der Waals surface area contributed by atoms with E-state index >= 15 is 0 Å². The van der Waals surface area contributed by atoms with E-state index in [-0.39, 0.29) is 11.6 Å². The van der Waals surface area contributed by atoms with Gasteiger partial charge in [-0.1, -0.05) is 12.1 Å². The molecular weight excluding hydrogens is 264 g/mol. The number of piperidine rings is 1. The first kappa shape index (κ1) is 14.3. The lowest BCUT2D eigenvalue weighted by Crippen LogP contribution is -2.38. The van der Waals surface area contributed by atoms with Crippen molar-refractivity contribution in [1.82, 2.24) is 4.90 Å². The number of carbonyl (C=O) groups excluding carboxylic acids is 1. The molecule has 4 nitrogen and oxygen atoms in total. The Hall–Kier alpha value is -1.64. The number of aliphatic imine (C=N–C) groups is 1. The van der Waals surface area contributed by atoms with Crippen molar-refractivity contribution < 1.29 is 9.53 Å². The van der Waals surface area contributed by atoms with E-state index in [1.54, 1.807) is 6.08 Å². The van der Waals surface area contributed by atoms with Crippen LogP contribution in [0.15, 0.2) is 29.3 Å². The van der Waals surface area contributed by atoms with E-state index in [9.17, 15) is 4.79 Å². The summed E-state index contributed by atoms with van der Waals surface area (Å²) in [4.78, 5) is 17.1. The van der Waals surface area contributed by atoms with Gasteiger partial charge in [0.2, 0.25) is 6.08 Å². The van der Waals surface area contributed by atoms with Gasteiger partial charge in [0.1, 0.15) is 11.9 Å². The summed E-state index contributed by atoms with van der Waals surface area (Å²) in [6.45, 7) is 2.12. The number of nitrogens with zero attached hydrogens (tertiary/aromatic N) is 2. The molecule has 2 fully saturated rings. The van der Waals surface area contributed by atoms with Crippen molar-refractivity contribution in [3.05, 3.63) is 29.8 Å². The van der Waals surface area contributed by atoms with Crippen molar-refractivity contribution in [2.75, 3.05) is 20.1 Å². The average molecular weight is 286 g/mol. The Morgan fingerprint density at radius 2 is 2.24 bits per heavy atom. The Labute approximate surface area is 125 Å². The van der Waals surface area contributed by atoms with Crippen LogP contribution in [-0.2, 0) is 10.3 Å². The van der Waals surface area contributed by atoms with Crippen LogP contribution in [0.5, 0.6) is 5.75 Å². The lowest BCUT2D eigenvalue weighted by molar-refractivity contribution is 0.104. The summed E-state index contributed by atoms with van der Waals surface area (Å²) in [5, 5.41) is 0. The van der Waals surface area contributed by atoms with E-state index in [1.807, 2.05) is 18.2 Å². The maximum atomic E-state index is 10.7. The Bertz CT molecular complexity index is 547. The van der Waals surface area contributed by atoms with Crippen molar-refractivity contribution in [2.24, 2.45) is 4.99 Å². The van der Waals surface area contributed by atoms with E-state index in [0.29, 0.717) is 0 Å². The molecule has 1 aromatic rings. The van der Waals surface area contributed by atoms with Gasteiger partial charge in [0.05, 0.1) is 5.54 Å². The summed E-state index contributed by atoms with van der Waals surface area (Å²) in [7, 11) is 2.13. The molecule has 4 heteroatoms. The van der Waals surface area contributed by atoms with Crippen LogP contribution in [0.4, 0.5) is 0 Å². The van der Waals surface area contributed by atoms with Gasteiger partial charge in [0.25, 0.3) is 0 Å². The van der Waals surface area contributed by atoms with E-state index in [0.717, 1.165) is 50.1 Å². The van der Waals surface area contributed by atoms with Gasteiger partial charge >= 0.3 is 0 Å². The first-order valence-electron chi connectivity index (χ1n) is 7.77. The van der Waals surface area contributed by atoms with Crippen LogP contribution in [0.1, 0.15) is 37.7 Å². The third-order valence-corrected chi connectivity index (χ3v) is 4.70. The maximum Gasteiger partial charge on any atom is 0.235 e. The molecule has 1 saturated heterocycles. The van der Waals surface area contributed by atoms with Crippen molar-refractivity contribution in [3.8, 4) is 5.75 Å². The van der Waals surface area contributed by atoms with Crippen LogP contribution in [0, 0.1) is 0 Å². The molecule has 0 radical (unpaired) electrons. The summed E-state index contributed by atoms with van der Waals surface area (Å²) in [6.07, 6.45) is 7.25. The molecule has 0 spiro atoms. The standard InChI is InChI=1S/C17H22N2O2/c1-19-10-3-7-16(12-19)21-15-6-2-5-14(11-15)17(18-13-20)8-4-9-17/h2,5-6,11,16H,3-4,7-10,12H2,1H3. The molecule has 0 bridgehead atoms. The highest BCUT2D eigenvalue weighted by Gasteiger charge is 2.39. The van der Waals surface area contributed by atoms with Crippen molar-refractivity contribution in [2.45, 2.75) is 43.7 Å². The van der Waals surface area contributed by atoms with Gasteiger partial charge in [0, 0.05) is 6.54 Å². The van der Waals surface area contributed by atoms with Crippen LogP contribution < -0.4 is 4.74 Å². The first-order chi connectivity index (χ1) is 10.2. The van der Waals surface area contributed by atoms with E-state index in [2.05, 4.69) is 23.0 Å². The molecule has 1 heterocycles. The topological polar surface area (TPSA) is 41.9 Å². The van der Waals surface area contributed by atoms with Gasteiger partial charge in [-0.2, -0.15) is 4.99 Å². The molecule has 0 N–H and O–H groups in total. The largest absolute Gasteiger partial charge is 0.489 e. The SMILES string of the molecule is CN1CCCC(Oc2cccc(C3(N=C=O)CCC3)c2)C1. The predicted octanol–water partition coefficient (Wildman–Crippen LogP) is 2.87. The second-order valence-corrected chi connectivity index (χ2v) is 6.26. The molecule has 1 unspecified atom stereocenters. The Balaban J connectivity index is 1.75. The third kappa shape index (κ3) is 3.02. The minimum Gasteiger partial charge on any atom is -0.489 e. The van der Waals surface area contributed by atoms with Crippen LogP contribution in [-0.4, -0.2) is 37.2 Å². The number of isocyanates is 1. The zero-order valence-corrected chi connectivity index (χ0v) is 12.5. The van der Waals surface area contributed by atoms with Crippen LogP contribution in [0.2, 0.25) is 0 Å². The molecule has 1 aromatic carbocycles. The molecule has 3 rings (SSSR count). The van der Waals surface area contributed by atoms with Crippen molar-refractivity contribution >= 4 is 6.08 Å². The molecule has 1 aliphatic carbocycles. The predicted molar refractivity (Wildman–Crippen MR) is 81.2 cm³/mol. The lowest BCUT2D eigenvalue weighted by atomic mass is 9.72. The number of ether oxygens (including phenoxy) is 1. The lowest BCUT2D eigenvalue weighted by Gasteiger charge is -2.37. The molecule has 2 aliphatic rings. The van der Waals surface area contributed by atoms with Crippen LogP contribution >= 0.6 is 0 Å². The molecule has 0 aromatic heterocycles. The minimum atomic E-state index is -0.343. The number of likely N-dealkylation sites (N-methyl/N-ethyl adjacent to an activating group) is 1. The highest BCUT2D eigenvalue weighted by molar-refractivity contribution is 5.41. The molecular formula is C17H22N2O2. The number of hydrogen-bond donors (Lipinski definition) is 0. The molecule has 21 heavy (non-hydrogen) atoms. The smallest absolute Gasteiger partial charge is 0.235 e. The fraction of sp³-hybridized carbons (Fsp3) is 0.588. The maximum absolute atomic E-state index is 10.7. The molecule has 1 atom stereocenters. The molecule has 112 valence electrons. The zero-order valence-electron chi connectivity index (χ0n) is 12.5. The second kappa shape index (κ2) is 6.00. The summed E-state index contributed by atoms with van der Waals surface area (Å²) in [5.74, 6) is 0.889. The van der Waals surface area contributed by atoms with E-state index in [4.69, 9.17) is 4.74 Å². The number of likely N-dealkylation sites (tertiary alicyclic amines) is 1. The third-order valence-electron chi connectivity index (χ3n) is 4.70. The van der Waals surface area contributed by atoms with Crippen molar-refractivity contribution in [1.29, 1.82) is 0 Å². The minimum absolute atomic E-state index is 0.255. The van der Waals surface area contributed by atoms with Gasteiger partial charge in [-0.15, -0.1) is 0 Å².